The van der Waals surface area contributed by atoms with Gasteiger partial charge in [-0.25, -0.2) is 0 Å². The first-order valence-corrected chi connectivity index (χ1v) is 10.1. The summed E-state index contributed by atoms with van der Waals surface area (Å²) in [5.74, 6) is 0.598. The van der Waals surface area contributed by atoms with E-state index in [1.807, 2.05) is 18.1 Å². The second-order valence-corrected chi connectivity index (χ2v) is 7.41. The standard InChI is InChI=1S/C20H26ClN7O2/c1-22-20(23-9-3-4-18(29)25-16-7-5-15(21)6-8-16)27-10-11-28(19(30)14-27)17-12-24-26(2)13-17/h5-8,12-13H,3-4,9-11,14H2,1-2H3,(H,22,23)(H,25,29). The van der Waals surface area contributed by atoms with Crippen LogP contribution in [0.3, 0.4) is 0 Å². The number of aliphatic imine (C=N–C) groups is 1. The van der Waals surface area contributed by atoms with Crippen LogP contribution in [0.15, 0.2) is 41.7 Å². The van der Waals surface area contributed by atoms with E-state index in [2.05, 4.69) is 20.7 Å². The second kappa shape index (κ2) is 10.1. The van der Waals surface area contributed by atoms with Gasteiger partial charge in [-0.2, -0.15) is 5.10 Å². The fourth-order valence-electron chi connectivity index (χ4n) is 3.21. The molecule has 0 saturated carbocycles. The zero-order chi connectivity index (χ0) is 21.5. The molecule has 0 atom stereocenters. The van der Waals surface area contributed by atoms with Crippen LogP contribution < -0.4 is 15.5 Å². The lowest BCUT2D eigenvalue weighted by molar-refractivity contribution is -0.120. The van der Waals surface area contributed by atoms with Crippen LogP contribution in [-0.4, -0.2) is 65.7 Å². The summed E-state index contributed by atoms with van der Waals surface area (Å²) in [7, 11) is 3.51. The average Bonchev–Trinajstić information content (AvgIpc) is 3.15. The number of benzene rings is 1. The Balaban J connectivity index is 1.41. The fraction of sp³-hybridized carbons (Fsp3) is 0.400. The van der Waals surface area contributed by atoms with Gasteiger partial charge in [0.25, 0.3) is 0 Å². The van der Waals surface area contributed by atoms with Gasteiger partial charge in [0.2, 0.25) is 11.8 Å². The number of carbonyl (C=O) groups excluding carboxylic acids is 2. The molecule has 1 aromatic carbocycles. The maximum atomic E-state index is 12.6. The van der Waals surface area contributed by atoms with Gasteiger partial charge in [0.05, 0.1) is 11.9 Å². The summed E-state index contributed by atoms with van der Waals surface area (Å²) in [5, 5.41) is 10.8. The van der Waals surface area contributed by atoms with E-state index in [0.29, 0.717) is 43.5 Å². The number of halogens is 1. The second-order valence-electron chi connectivity index (χ2n) is 6.97. The Labute approximate surface area is 180 Å². The van der Waals surface area contributed by atoms with Crippen molar-refractivity contribution in [3.63, 3.8) is 0 Å². The monoisotopic (exact) mass is 431 g/mol. The van der Waals surface area contributed by atoms with Crippen molar-refractivity contribution in [1.29, 1.82) is 0 Å². The molecule has 1 aromatic heterocycles. The minimum atomic E-state index is -0.0608. The third kappa shape index (κ3) is 5.73. The smallest absolute Gasteiger partial charge is 0.246 e. The van der Waals surface area contributed by atoms with Gasteiger partial charge in [-0.15, -0.1) is 0 Å². The van der Waals surface area contributed by atoms with Crippen molar-refractivity contribution in [2.24, 2.45) is 12.0 Å². The van der Waals surface area contributed by atoms with E-state index < -0.39 is 0 Å². The molecule has 2 aromatic rings. The van der Waals surface area contributed by atoms with E-state index in [1.54, 1.807) is 47.1 Å². The Morgan fingerprint density at radius 3 is 2.67 bits per heavy atom. The molecule has 1 fully saturated rings. The summed E-state index contributed by atoms with van der Waals surface area (Å²) in [6, 6.07) is 7.00. The van der Waals surface area contributed by atoms with Crippen LogP contribution in [0, 0.1) is 0 Å². The van der Waals surface area contributed by atoms with Gasteiger partial charge in [0, 0.05) is 57.1 Å². The highest BCUT2D eigenvalue weighted by Crippen LogP contribution is 2.16. The molecule has 0 spiro atoms. The zero-order valence-corrected chi connectivity index (χ0v) is 17.9. The summed E-state index contributed by atoms with van der Waals surface area (Å²) in [5.41, 5.74) is 1.52. The van der Waals surface area contributed by atoms with Crippen molar-refractivity contribution >= 4 is 40.7 Å². The Bertz CT molecular complexity index is 910. The number of aryl methyl sites for hydroxylation is 1. The van der Waals surface area contributed by atoms with Crippen molar-refractivity contribution in [2.75, 3.05) is 43.4 Å². The zero-order valence-electron chi connectivity index (χ0n) is 17.1. The number of anilines is 2. The van der Waals surface area contributed by atoms with Gasteiger partial charge in [-0.3, -0.25) is 19.3 Å². The van der Waals surface area contributed by atoms with Gasteiger partial charge in [0.1, 0.15) is 6.54 Å². The molecule has 3 rings (SSSR count). The maximum Gasteiger partial charge on any atom is 0.246 e. The lowest BCUT2D eigenvalue weighted by Gasteiger charge is -2.35. The molecule has 10 heteroatoms. The number of amides is 2. The normalized spacial score (nSPS) is 14.8. The Morgan fingerprint density at radius 2 is 2.03 bits per heavy atom. The van der Waals surface area contributed by atoms with E-state index in [0.717, 1.165) is 11.4 Å². The molecule has 0 unspecified atom stereocenters. The van der Waals surface area contributed by atoms with Crippen molar-refractivity contribution in [3.8, 4) is 0 Å². The third-order valence-corrected chi connectivity index (χ3v) is 4.98. The minimum absolute atomic E-state index is 0.000424. The van der Waals surface area contributed by atoms with Crippen LogP contribution in [0.2, 0.25) is 5.02 Å². The Hall–Kier alpha value is -3.07. The average molecular weight is 432 g/mol. The summed E-state index contributed by atoms with van der Waals surface area (Å²) in [6.07, 6.45) is 4.54. The summed E-state index contributed by atoms with van der Waals surface area (Å²) in [6.45, 7) is 2.05. The first-order chi connectivity index (χ1) is 14.5. The number of hydrogen-bond acceptors (Lipinski definition) is 4. The molecular formula is C20H26ClN7O2. The van der Waals surface area contributed by atoms with E-state index >= 15 is 0 Å². The molecule has 30 heavy (non-hydrogen) atoms. The minimum Gasteiger partial charge on any atom is -0.356 e. The molecular weight excluding hydrogens is 406 g/mol. The first kappa shape index (κ1) is 21.6. The van der Waals surface area contributed by atoms with Crippen LogP contribution in [0.25, 0.3) is 0 Å². The van der Waals surface area contributed by atoms with E-state index in [9.17, 15) is 9.59 Å². The molecule has 9 nitrogen and oxygen atoms in total. The number of nitrogens with one attached hydrogen (secondary N) is 2. The molecule has 2 heterocycles. The quantitative estimate of drug-likeness (QED) is 0.412. The highest BCUT2D eigenvalue weighted by molar-refractivity contribution is 6.30. The molecule has 0 bridgehead atoms. The number of hydrogen-bond donors (Lipinski definition) is 2. The molecule has 1 aliphatic rings. The van der Waals surface area contributed by atoms with Crippen LogP contribution >= 0.6 is 11.6 Å². The highest BCUT2D eigenvalue weighted by atomic mass is 35.5. The third-order valence-electron chi connectivity index (χ3n) is 4.73. The molecule has 2 N–H and O–H groups in total. The largest absolute Gasteiger partial charge is 0.356 e. The number of guanidine groups is 1. The lowest BCUT2D eigenvalue weighted by Crippen LogP contribution is -2.55. The number of carbonyl (C=O) groups is 2. The number of nitrogens with zero attached hydrogens (tertiary/aromatic N) is 5. The molecule has 0 aliphatic carbocycles. The van der Waals surface area contributed by atoms with Crippen molar-refractivity contribution in [2.45, 2.75) is 12.8 Å². The predicted molar refractivity (Wildman–Crippen MR) is 118 cm³/mol. The number of aromatic nitrogens is 2. The molecule has 1 saturated heterocycles. The van der Waals surface area contributed by atoms with E-state index in [-0.39, 0.29) is 18.4 Å². The maximum absolute atomic E-state index is 12.6. The van der Waals surface area contributed by atoms with Crippen LogP contribution in [0.5, 0.6) is 0 Å². The predicted octanol–water partition coefficient (Wildman–Crippen LogP) is 1.72. The Morgan fingerprint density at radius 1 is 1.27 bits per heavy atom. The number of piperazine rings is 1. The van der Waals surface area contributed by atoms with Gasteiger partial charge in [-0.1, -0.05) is 11.6 Å². The first-order valence-electron chi connectivity index (χ1n) is 9.76. The summed E-state index contributed by atoms with van der Waals surface area (Å²) >= 11 is 5.84. The van der Waals surface area contributed by atoms with Crippen LogP contribution in [-0.2, 0) is 16.6 Å². The summed E-state index contributed by atoms with van der Waals surface area (Å²) in [4.78, 5) is 32.5. The molecule has 1 aliphatic heterocycles. The summed E-state index contributed by atoms with van der Waals surface area (Å²) < 4.78 is 1.68. The molecule has 2 amide bonds. The van der Waals surface area contributed by atoms with Crippen molar-refractivity contribution in [1.82, 2.24) is 20.0 Å². The fourth-order valence-corrected chi connectivity index (χ4v) is 3.34. The van der Waals surface area contributed by atoms with Crippen molar-refractivity contribution in [3.05, 3.63) is 41.7 Å². The highest BCUT2D eigenvalue weighted by Gasteiger charge is 2.27. The SMILES string of the molecule is CN=C(NCCCC(=O)Nc1ccc(Cl)cc1)N1CCN(c2cnn(C)c2)C(=O)C1. The van der Waals surface area contributed by atoms with Crippen LogP contribution in [0.4, 0.5) is 11.4 Å². The topological polar surface area (TPSA) is 94.9 Å². The van der Waals surface area contributed by atoms with E-state index in [1.165, 1.54) is 0 Å². The molecule has 0 radical (unpaired) electrons. The van der Waals surface area contributed by atoms with Gasteiger partial charge >= 0.3 is 0 Å². The van der Waals surface area contributed by atoms with Gasteiger partial charge in [-0.05, 0) is 30.7 Å². The molecule has 160 valence electrons. The van der Waals surface area contributed by atoms with Gasteiger partial charge in [0.15, 0.2) is 5.96 Å². The van der Waals surface area contributed by atoms with E-state index in [4.69, 9.17) is 11.6 Å². The number of rotatable bonds is 6. The van der Waals surface area contributed by atoms with Crippen LogP contribution in [0.1, 0.15) is 12.8 Å². The van der Waals surface area contributed by atoms with Gasteiger partial charge < -0.3 is 20.4 Å². The lowest BCUT2D eigenvalue weighted by atomic mass is 10.2. The Kier molecular flexibility index (Phi) is 7.29. The van der Waals surface area contributed by atoms with Crippen molar-refractivity contribution < 1.29 is 9.59 Å².